The molecule has 0 aromatic rings. The van der Waals surface area contributed by atoms with Gasteiger partial charge in [0.25, 0.3) is 0 Å². The molecule has 0 atom stereocenters. The Kier molecular flexibility index (Phi) is 15.1. The summed E-state index contributed by atoms with van der Waals surface area (Å²) < 4.78 is 0. The number of hydrogen-bond acceptors (Lipinski definition) is 3. The van der Waals surface area contributed by atoms with Gasteiger partial charge in [-0.25, -0.2) is 0 Å². The monoisotopic (exact) mass is 331 g/mol. The van der Waals surface area contributed by atoms with Crippen LogP contribution in [0.5, 0.6) is 0 Å². The third-order valence-electron chi connectivity index (χ3n) is 3.61. The standard InChI is InChI=1S/C18H42N3P/c1-16(2)19-10-7-13-22(14-8-11-20-17(3)4)15-9-12-21-18(5)6/h16-21H,7-15H2,1-6H3. The average Bonchev–Trinajstić information content (AvgIpc) is 2.42. The summed E-state index contributed by atoms with van der Waals surface area (Å²) in [6, 6.07) is 1.87. The summed E-state index contributed by atoms with van der Waals surface area (Å²) in [6.07, 6.45) is 8.37. The third-order valence-corrected chi connectivity index (χ3v) is 6.46. The van der Waals surface area contributed by atoms with Crippen LogP contribution < -0.4 is 16.0 Å². The van der Waals surface area contributed by atoms with Gasteiger partial charge in [0.2, 0.25) is 0 Å². The van der Waals surface area contributed by atoms with Crippen LogP contribution >= 0.6 is 7.92 Å². The maximum Gasteiger partial charge on any atom is 0.00103 e. The first-order valence-corrected chi connectivity index (χ1v) is 11.2. The first-order chi connectivity index (χ1) is 10.4. The Bertz CT molecular complexity index is 194. The fourth-order valence-corrected chi connectivity index (χ4v) is 4.90. The third kappa shape index (κ3) is 16.7. The summed E-state index contributed by atoms with van der Waals surface area (Å²) in [5.74, 6) is 0. The van der Waals surface area contributed by atoms with Crippen molar-refractivity contribution in [3.8, 4) is 0 Å². The maximum absolute atomic E-state index is 3.55. The minimum Gasteiger partial charge on any atom is -0.315 e. The van der Waals surface area contributed by atoms with Crippen LogP contribution in [0.15, 0.2) is 0 Å². The van der Waals surface area contributed by atoms with E-state index in [1.807, 2.05) is 0 Å². The van der Waals surface area contributed by atoms with Crippen LogP contribution in [0.25, 0.3) is 0 Å². The average molecular weight is 332 g/mol. The molecule has 0 fully saturated rings. The van der Waals surface area contributed by atoms with Crippen LogP contribution in [0.2, 0.25) is 0 Å². The molecule has 0 aromatic carbocycles. The Morgan fingerprint density at radius 1 is 0.545 bits per heavy atom. The molecule has 3 N–H and O–H groups in total. The normalized spacial score (nSPS) is 12.3. The van der Waals surface area contributed by atoms with Crippen molar-refractivity contribution < 1.29 is 0 Å². The molecule has 0 aromatic heterocycles. The van der Waals surface area contributed by atoms with E-state index in [9.17, 15) is 0 Å². The predicted octanol–water partition coefficient (Wildman–Crippen LogP) is 3.63. The second-order valence-corrected chi connectivity index (χ2v) is 9.91. The van der Waals surface area contributed by atoms with Crippen molar-refractivity contribution in [3.05, 3.63) is 0 Å². The second-order valence-electron chi connectivity index (χ2n) is 7.23. The first-order valence-electron chi connectivity index (χ1n) is 9.34. The van der Waals surface area contributed by atoms with Gasteiger partial charge in [-0.2, -0.15) is 0 Å². The minimum atomic E-state index is 0.227. The second kappa shape index (κ2) is 14.9. The molecular formula is C18H42N3P. The van der Waals surface area contributed by atoms with Crippen molar-refractivity contribution in [1.82, 2.24) is 16.0 Å². The quantitative estimate of drug-likeness (QED) is 0.317. The van der Waals surface area contributed by atoms with E-state index in [1.165, 1.54) is 57.4 Å². The molecule has 0 heterocycles. The minimum absolute atomic E-state index is 0.227. The lowest BCUT2D eigenvalue weighted by Crippen LogP contribution is -2.26. The number of nitrogens with one attached hydrogen (secondary N) is 3. The molecule has 0 rings (SSSR count). The molecular weight excluding hydrogens is 289 g/mol. The zero-order valence-electron chi connectivity index (χ0n) is 16.0. The molecule has 0 saturated heterocycles. The van der Waals surface area contributed by atoms with Gasteiger partial charge in [0, 0.05) is 18.1 Å². The molecule has 0 aliphatic carbocycles. The van der Waals surface area contributed by atoms with E-state index < -0.39 is 0 Å². The Hall–Kier alpha value is 0.310. The van der Waals surface area contributed by atoms with Gasteiger partial charge in [-0.05, 0) is 57.4 Å². The number of hydrogen-bond donors (Lipinski definition) is 3. The highest BCUT2D eigenvalue weighted by Crippen LogP contribution is 2.37. The topological polar surface area (TPSA) is 36.1 Å². The van der Waals surface area contributed by atoms with Crippen LogP contribution in [0.1, 0.15) is 60.8 Å². The van der Waals surface area contributed by atoms with Crippen molar-refractivity contribution in [2.45, 2.75) is 78.9 Å². The molecule has 134 valence electrons. The predicted molar refractivity (Wildman–Crippen MR) is 105 cm³/mol. The molecule has 3 nitrogen and oxygen atoms in total. The Morgan fingerprint density at radius 3 is 1.05 bits per heavy atom. The summed E-state index contributed by atoms with van der Waals surface area (Å²) in [6.45, 7) is 17.0. The van der Waals surface area contributed by atoms with Gasteiger partial charge in [0.05, 0.1) is 0 Å². The molecule has 0 aliphatic rings. The van der Waals surface area contributed by atoms with Gasteiger partial charge in [-0.15, -0.1) is 7.92 Å². The fourth-order valence-electron chi connectivity index (χ4n) is 2.42. The lowest BCUT2D eigenvalue weighted by molar-refractivity contribution is 0.578. The highest BCUT2D eigenvalue weighted by molar-refractivity contribution is 7.57. The van der Waals surface area contributed by atoms with Crippen molar-refractivity contribution in [2.75, 3.05) is 38.1 Å². The van der Waals surface area contributed by atoms with Gasteiger partial charge in [-0.3, -0.25) is 0 Å². The maximum atomic E-state index is 3.55. The van der Waals surface area contributed by atoms with Crippen LogP contribution in [-0.4, -0.2) is 56.2 Å². The molecule has 0 spiro atoms. The number of rotatable bonds is 15. The summed E-state index contributed by atoms with van der Waals surface area (Å²) in [4.78, 5) is 0. The van der Waals surface area contributed by atoms with E-state index in [4.69, 9.17) is 0 Å². The summed E-state index contributed by atoms with van der Waals surface area (Å²) >= 11 is 0. The van der Waals surface area contributed by atoms with E-state index in [0.29, 0.717) is 18.1 Å². The van der Waals surface area contributed by atoms with Crippen LogP contribution in [0.4, 0.5) is 0 Å². The SMILES string of the molecule is CC(C)NCCCP(CCCNC(C)C)CCCNC(C)C. The lowest BCUT2D eigenvalue weighted by Gasteiger charge is -2.19. The van der Waals surface area contributed by atoms with E-state index in [0.717, 1.165) is 0 Å². The summed E-state index contributed by atoms with van der Waals surface area (Å²) in [5, 5.41) is 10.7. The van der Waals surface area contributed by atoms with Crippen molar-refractivity contribution in [1.29, 1.82) is 0 Å². The van der Waals surface area contributed by atoms with Crippen molar-refractivity contribution >= 4 is 7.92 Å². The van der Waals surface area contributed by atoms with E-state index in [1.54, 1.807) is 0 Å². The lowest BCUT2D eigenvalue weighted by atomic mass is 10.3. The zero-order chi connectivity index (χ0) is 16.8. The van der Waals surface area contributed by atoms with Crippen LogP contribution in [-0.2, 0) is 0 Å². The Labute approximate surface area is 141 Å². The molecule has 0 aliphatic heterocycles. The van der Waals surface area contributed by atoms with E-state index in [-0.39, 0.29) is 7.92 Å². The molecule has 0 radical (unpaired) electrons. The zero-order valence-corrected chi connectivity index (χ0v) is 16.9. The van der Waals surface area contributed by atoms with E-state index >= 15 is 0 Å². The van der Waals surface area contributed by atoms with Crippen molar-refractivity contribution in [3.63, 3.8) is 0 Å². The smallest absolute Gasteiger partial charge is 0.00103 e. The van der Waals surface area contributed by atoms with Crippen LogP contribution in [0, 0.1) is 0 Å². The van der Waals surface area contributed by atoms with Gasteiger partial charge >= 0.3 is 0 Å². The molecule has 0 amide bonds. The highest BCUT2D eigenvalue weighted by atomic mass is 31.1. The Morgan fingerprint density at radius 2 is 0.818 bits per heavy atom. The van der Waals surface area contributed by atoms with Crippen molar-refractivity contribution in [2.24, 2.45) is 0 Å². The Balaban J connectivity index is 3.86. The van der Waals surface area contributed by atoms with Gasteiger partial charge < -0.3 is 16.0 Å². The van der Waals surface area contributed by atoms with Crippen LogP contribution in [0.3, 0.4) is 0 Å². The molecule has 22 heavy (non-hydrogen) atoms. The van der Waals surface area contributed by atoms with Gasteiger partial charge in [0.1, 0.15) is 0 Å². The van der Waals surface area contributed by atoms with Gasteiger partial charge in [0.15, 0.2) is 0 Å². The van der Waals surface area contributed by atoms with Gasteiger partial charge in [-0.1, -0.05) is 41.5 Å². The highest BCUT2D eigenvalue weighted by Gasteiger charge is 2.08. The van der Waals surface area contributed by atoms with E-state index in [2.05, 4.69) is 57.5 Å². The summed E-state index contributed by atoms with van der Waals surface area (Å²) in [5.41, 5.74) is 0. The fraction of sp³-hybridized carbons (Fsp3) is 1.00. The molecule has 0 unspecified atom stereocenters. The molecule has 0 saturated carbocycles. The molecule has 0 bridgehead atoms. The first kappa shape index (κ1) is 22.3. The molecule has 4 heteroatoms. The summed E-state index contributed by atoms with van der Waals surface area (Å²) in [7, 11) is 0.227. The largest absolute Gasteiger partial charge is 0.315 e.